The highest BCUT2D eigenvalue weighted by atomic mass is 32.2. The number of carbonyl (C=O) groups is 1. The lowest BCUT2D eigenvalue weighted by molar-refractivity contribution is -0.134. The van der Waals surface area contributed by atoms with E-state index in [2.05, 4.69) is 4.72 Å². The summed E-state index contributed by atoms with van der Waals surface area (Å²) in [5, 5.41) is 0. The van der Waals surface area contributed by atoms with E-state index in [1.165, 1.54) is 18.2 Å². The summed E-state index contributed by atoms with van der Waals surface area (Å²) < 4.78 is 54.9. The van der Waals surface area contributed by atoms with Crippen molar-refractivity contribution < 1.29 is 22.0 Å². The maximum Gasteiger partial charge on any atom is 0.226 e. The van der Waals surface area contributed by atoms with Gasteiger partial charge in [-0.3, -0.25) is 4.79 Å². The zero-order valence-electron chi connectivity index (χ0n) is 17.6. The van der Waals surface area contributed by atoms with Crippen molar-refractivity contribution in [3.8, 4) is 11.1 Å². The SMILES string of the molecule is CC1(NS(C)(=O)=O)CCCN(C(=O)[C@@H]2C[C@H]2c2ccccc2-c2c(F)cccc2F)C1. The molecule has 0 radical (unpaired) electrons. The fourth-order valence-electron chi connectivity index (χ4n) is 4.81. The minimum atomic E-state index is -3.39. The second-order valence-electron chi connectivity index (χ2n) is 8.93. The Kier molecular flexibility index (Phi) is 5.64. The zero-order chi connectivity index (χ0) is 22.4. The topological polar surface area (TPSA) is 66.5 Å². The van der Waals surface area contributed by atoms with Gasteiger partial charge in [0.15, 0.2) is 0 Å². The molecule has 2 aliphatic rings. The van der Waals surface area contributed by atoms with Crippen molar-refractivity contribution in [3.05, 3.63) is 59.7 Å². The molecule has 1 unspecified atom stereocenters. The average molecular weight is 449 g/mol. The minimum Gasteiger partial charge on any atom is -0.341 e. The molecule has 1 heterocycles. The van der Waals surface area contributed by atoms with Crippen molar-refractivity contribution in [1.29, 1.82) is 0 Å². The predicted octanol–water partition coefficient (Wildman–Crippen LogP) is 3.67. The number of piperidine rings is 1. The van der Waals surface area contributed by atoms with Crippen LogP contribution in [0.2, 0.25) is 0 Å². The van der Waals surface area contributed by atoms with Gasteiger partial charge in [-0.15, -0.1) is 0 Å². The van der Waals surface area contributed by atoms with Crippen molar-refractivity contribution in [2.45, 2.75) is 37.6 Å². The van der Waals surface area contributed by atoms with Gasteiger partial charge in [0.2, 0.25) is 15.9 Å². The van der Waals surface area contributed by atoms with Crippen LogP contribution >= 0.6 is 0 Å². The van der Waals surface area contributed by atoms with Gasteiger partial charge in [-0.2, -0.15) is 0 Å². The van der Waals surface area contributed by atoms with Crippen LogP contribution < -0.4 is 4.72 Å². The third-order valence-electron chi connectivity index (χ3n) is 6.14. The van der Waals surface area contributed by atoms with E-state index >= 15 is 0 Å². The van der Waals surface area contributed by atoms with Crippen molar-refractivity contribution >= 4 is 15.9 Å². The molecule has 1 aliphatic heterocycles. The number of nitrogens with one attached hydrogen (secondary N) is 1. The minimum absolute atomic E-state index is 0.0324. The molecule has 0 spiro atoms. The number of sulfonamides is 1. The molecule has 2 aromatic carbocycles. The second-order valence-corrected chi connectivity index (χ2v) is 10.7. The third-order valence-corrected chi connectivity index (χ3v) is 7.00. The highest BCUT2D eigenvalue weighted by molar-refractivity contribution is 7.88. The Bertz CT molecular complexity index is 1100. The maximum absolute atomic E-state index is 14.4. The largest absolute Gasteiger partial charge is 0.341 e. The van der Waals surface area contributed by atoms with Crippen molar-refractivity contribution in [2.75, 3.05) is 19.3 Å². The summed E-state index contributed by atoms with van der Waals surface area (Å²) in [6.07, 6.45) is 3.10. The van der Waals surface area contributed by atoms with Crippen LogP contribution in [0.25, 0.3) is 11.1 Å². The first kappa shape index (κ1) is 21.9. The fraction of sp³-hybridized carbons (Fsp3) is 0.435. The van der Waals surface area contributed by atoms with Gasteiger partial charge in [0.1, 0.15) is 11.6 Å². The molecule has 0 bridgehead atoms. The standard InChI is InChI=1S/C23H26F2N2O3S/c1-23(26-31(2,29)30)11-6-12-27(14-23)22(28)18-13-17(18)15-7-3-4-8-16(15)21-19(24)9-5-10-20(21)25/h3-5,7-10,17-18,26H,6,11-14H2,1-2H3/t17-,18+,23?/m0/s1. The molecule has 1 N–H and O–H groups in total. The van der Waals surface area contributed by atoms with E-state index in [0.29, 0.717) is 37.9 Å². The van der Waals surface area contributed by atoms with Gasteiger partial charge < -0.3 is 4.90 Å². The lowest BCUT2D eigenvalue weighted by Crippen LogP contribution is -2.57. The summed E-state index contributed by atoms with van der Waals surface area (Å²) in [7, 11) is -3.39. The molecular formula is C23H26F2N2O3S. The summed E-state index contributed by atoms with van der Waals surface area (Å²) in [4.78, 5) is 14.9. The van der Waals surface area contributed by atoms with Crippen LogP contribution in [-0.2, 0) is 14.8 Å². The lowest BCUT2D eigenvalue weighted by atomic mass is 9.91. The van der Waals surface area contributed by atoms with E-state index in [1.54, 1.807) is 17.0 Å². The molecule has 0 aromatic heterocycles. The Morgan fingerprint density at radius 3 is 2.48 bits per heavy atom. The molecule has 2 aromatic rings. The summed E-state index contributed by atoms with van der Waals surface area (Å²) in [6.45, 7) is 2.70. The number of likely N-dealkylation sites (tertiary alicyclic amines) is 1. The Labute approximate surface area is 181 Å². The number of nitrogens with zero attached hydrogens (tertiary/aromatic N) is 1. The molecule has 31 heavy (non-hydrogen) atoms. The van der Waals surface area contributed by atoms with Crippen LogP contribution in [0, 0.1) is 17.6 Å². The molecule has 1 saturated carbocycles. The predicted molar refractivity (Wildman–Crippen MR) is 115 cm³/mol. The smallest absolute Gasteiger partial charge is 0.226 e. The van der Waals surface area contributed by atoms with Gasteiger partial charge >= 0.3 is 0 Å². The van der Waals surface area contributed by atoms with E-state index in [0.717, 1.165) is 11.8 Å². The Morgan fingerprint density at radius 1 is 1.13 bits per heavy atom. The molecule has 2 fully saturated rings. The summed E-state index contributed by atoms with van der Waals surface area (Å²) in [6, 6.07) is 10.8. The van der Waals surface area contributed by atoms with Crippen molar-refractivity contribution in [1.82, 2.24) is 9.62 Å². The molecule has 1 aliphatic carbocycles. The van der Waals surface area contributed by atoms with E-state index in [-0.39, 0.29) is 23.3 Å². The average Bonchev–Trinajstić information content (AvgIpc) is 3.46. The fourth-order valence-corrected chi connectivity index (χ4v) is 5.87. The molecule has 5 nitrogen and oxygen atoms in total. The molecule has 166 valence electrons. The number of benzene rings is 2. The van der Waals surface area contributed by atoms with Crippen LogP contribution in [0.4, 0.5) is 8.78 Å². The first-order chi connectivity index (χ1) is 14.6. The quantitative estimate of drug-likeness (QED) is 0.759. The second kappa shape index (κ2) is 7.98. The van der Waals surface area contributed by atoms with Gasteiger partial charge in [0, 0.05) is 24.5 Å². The normalized spacial score (nSPS) is 26.0. The molecular weight excluding hydrogens is 422 g/mol. The van der Waals surface area contributed by atoms with Crippen LogP contribution in [0.15, 0.2) is 42.5 Å². The number of hydrogen-bond acceptors (Lipinski definition) is 3. The van der Waals surface area contributed by atoms with Gasteiger partial charge in [-0.1, -0.05) is 30.3 Å². The van der Waals surface area contributed by atoms with Crippen LogP contribution in [-0.4, -0.2) is 44.1 Å². The lowest BCUT2D eigenvalue weighted by Gasteiger charge is -2.40. The highest BCUT2D eigenvalue weighted by Crippen LogP contribution is 2.51. The molecule has 1 amide bonds. The van der Waals surface area contributed by atoms with E-state index in [4.69, 9.17) is 0 Å². The van der Waals surface area contributed by atoms with E-state index < -0.39 is 27.2 Å². The monoisotopic (exact) mass is 448 g/mol. The van der Waals surface area contributed by atoms with Crippen LogP contribution in [0.3, 0.4) is 0 Å². The number of halogens is 2. The third kappa shape index (κ3) is 4.65. The first-order valence-corrected chi connectivity index (χ1v) is 12.3. The molecule has 4 rings (SSSR count). The number of amides is 1. The summed E-state index contributed by atoms with van der Waals surface area (Å²) in [5.74, 6) is -1.67. The van der Waals surface area contributed by atoms with Crippen molar-refractivity contribution in [3.63, 3.8) is 0 Å². The summed E-state index contributed by atoms with van der Waals surface area (Å²) >= 11 is 0. The molecule has 8 heteroatoms. The highest BCUT2D eigenvalue weighted by Gasteiger charge is 2.48. The number of hydrogen-bond donors (Lipinski definition) is 1. The Balaban J connectivity index is 1.54. The molecule has 1 saturated heterocycles. The van der Waals surface area contributed by atoms with Crippen LogP contribution in [0.1, 0.15) is 37.7 Å². The van der Waals surface area contributed by atoms with Gasteiger partial charge in [-0.25, -0.2) is 21.9 Å². The number of rotatable bonds is 5. The van der Waals surface area contributed by atoms with E-state index in [9.17, 15) is 22.0 Å². The van der Waals surface area contributed by atoms with Crippen molar-refractivity contribution in [2.24, 2.45) is 5.92 Å². The summed E-state index contributed by atoms with van der Waals surface area (Å²) in [5.41, 5.74) is 0.471. The van der Waals surface area contributed by atoms with Gasteiger partial charge in [0.05, 0.1) is 11.8 Å². The number of carbonyl (C=O) groups excluding carboxylic acids is 1. The van der Waals surface area contributed by atoms with Crippen LogP contribution in [0.5, 0.6) is 0 Å². The maximum atomic E-state index is 14.4. The Hall–Kier alpha value is -2.32. The Morgan fingerprint density at radius 2 is 1.81 bits per heavy atom. The van der Waals surface area contributed by atoms with Gasteiger partial charge in [-0.05, 0) is 55.4 Å². The zero-order valence-corrected chi connectivity index (χ0v) is 18.4. The first-order valence-electron chi connectivity index (χ1n) is 10.4. The molecule has 3 atom stereocenters. The van der Waals surface area contributed by atoms with Gasteiger partial charge in [0.25, 0.3) is 0 Å². The van der Waals surface area contributed by atoms with E-state index in [1.807, 2.05) is 19.1 Å².